The molecular weight excluding hydrogens is 144 g/mol. The molecule has 58 valence electrons. The van der Waals surface area contributed by atoms with Gasteiger partial charge in [0.05, 0.1) is 24.8 Å². The fraction of sp³-hybridized carbons (Fsp3) is 0.714. The van der Waals surface area contributed by atoms with Gasteiger partial charge in [-0.05, 0) is 6.92 Å². The Morgan fingerprint density at radius 1 is 1.45 bits per heavy atom. The molecule has 0 aliphatic carbocycles. The van der Waals surface area contributed by atoms with Crippen LogP contribution in [0.4, 0.5) is 0 Å². The minimum absolute atomic E-state index is 0.0100. The predicted octanol–water partition coefficient (Wildman–Crippen LogP) is 0.411. The first kappa shape index (κ1) is 8.00. The van der Waals surface area contributed by atoms with Gasteiger partial charge in [0.25, 0.3) is 0 Å². The molecule has 0 N–H and O–H groups in total. The third kappa shape index (κ3) is 1.68. The van der Waals surface area contributed by atoms with Crippen LogP contribution in [0.25, 0.3) is 0 Å². The molecule has 1 heterocycles. The second kappa shape index (κ2) is 3.34. The van der Waals surface area contributed by atoms with Crippen molar-refractivity contribution in [1.82, 2.24) is 0 Å². The van der Waals surface area contributed by atoms with Gasteiger partial charge in [0.2, 0.25) is 0 Å². The third-order valence-corrected chi connectivity index (χ3v) is 1.41. The van der Waals surface area contributed by atoms with Crippen molar-refractivity contribution in [3.05, 3.63) is 0 Å². The van der Waals surface area contributed by atoms with E-state index in [1.807, 2.05) is 6.92 Å². The predicted molar refractivity (Wildman–Crippen MR) is 35.0 cm³/mol. The van der Waals surface area contributed by atoms with Gasteiger partial charge in [0, 0.05) is 0 Å². The van der Waals surface area contributed by atoms with E-state index >= 15 is 0 Å². The highest BCUT2D eigenvalue weighted by Gasteiger charge is 2.30. The van der Waals surface area contributed by atoms with Crippen molar-refractivity contribution >= 4 is 0 Å². The summed E-state index contributed by atoms with van der Waals surface area (Å²) in [7, 11) is 0. The lowest BCUT2D eigenvalue weighted by Crippen LogP contribution is -2.19. The molecule has 2 atom stereocenters. The standard InChI is InChI=1S/C7H8N2O2/c1-5-4-10-7(11-5)6(2-8)3-9/h5-7H,4H2,1H3. The van der Waals surface area contributed by atoms with Crippen LogP contribution in [0.15, 0.2) is 0 Å². The summed E-state index contributed by atoms with van der Waals surface area (Å²) in [6.07, 6.45) is -0.663. The fourth-order valence-corrected chi connectivity index (χ4v) is 0.863. The first-order valence-electron chi connectivity index (χ1n) is 3.34. The molecule has 1 aliphatic rings. The van der Waals surface area contributed by atoms with Gasteiger partial charge >= 0.3 is 0 Å². The summed E-state index contributed by atoms with van der Waals surface area (Å²) in [4.78, 5) is 0. The molecule has 0 aromatic carbocycles. The number of ether oxygens (including phenoxy) is 2. The van der Waals surface area contributed by atoms with Crippen molar-refractivity contribution in [3.63, 3.8) is 0 Å². The van der Waals surface area contributed by atoms with Crippen molar-refractivity contribution in [3.8, 4) is 12.1 Å². The highest BCUT2D eigenvalue weighted by Crippen LogP contribution is 2.17. The van der Waals surface area contributed by atoms with Gasteiger partial charge in [0.15, 0.2) is 12.2 Å². The number of hydrogen-bond acceptors (Lipinski definition) is 4. The molecular formula is C7H8N2O2. The van der Waals surface area contributed by atoms with E-state index in [1.165, 1.54) is 0 Å². The van der Waals surface area contributed by atoms with Crippen molar-refractivity contribution in [2.45, 2.75) is 19.3 Å². The van der Waals surface area contributed by atoms with E-state index in [1.54, 1.807) is 12.1 Å². The highest BCUT2D eigenvalue weighted by atomic mass is 16.7. The molecule has 0 amide bonds. The Hall–Kier alpha value is -1.10. The van der Waals surface area contributed by atoms with E-state index in [9.17, 15) is 0 Å². The van der Waals surface area contributed by atoms with Gasteiger partial charge in [0.1, 0.15) is 0 Å². The zero-order valence-corrected chi connectivity index (χ0v) is 6.15. The summed E-state index contributed by atoms with van der Waals surface area (Å²) in [5, 5.41) is 16.9. The molecule has 0 aromatic heterocycles. The van der Waals surface area contributed by atoms with Crippen LogP contribution in [0.2, 0.25) is 0 Å². The van der Waals surface area contributed by atoms with E-state index in [-0.39, 0.29) is 6.10 Å². The lowest BCUT2D eigenvalue weighted by molar-refractivity contribution is -0.0674. The molecule has 1 aliphatic heterocycles. The van der Waals surface area contributed by atoms with Crippen LogP contribution >= 0.6 is 0 Å². The number of nitriles is 2. The molecule has 1 rings (SSSR count). The van der Waals surface area contributed by atoms with Crippen molar-refractivity contribution < 1.29 is 9.47 Å². The topological polar surface area (TPSA) is 66.0 Å². The summed E-state index contributed by atoms with van der Waals surface area (Å²) < 4.78 is 10.2. The quantitative estimate of drug-likeness (QED) is 0.545. The Labute approximate surface area is 64.9 Å². The molecule has 0 aromatic rings. The molecule has 11 heavy (non-hydrogen) atoms. The Morgan fingerprint density at radius 2 is 2.09 bits per heavy atom. The van der Waals surface area contributed by atoms with Crippen LogP contribution in [0, 0.1) is 28.6 Å². The highest BCUT2D eigenvalue weighted by molar-refractivity contribution is 5.02. The molecule has 4 heteroatoms. The average molecular weight is 152 g/mol. The van der Waals surface area contributed by atoms with Crippen molar-refractivity contribution in [2.75, 3.05) is 6.61 Å². The molecule has 2 unspecified atom stereocenters. The molecule has 0 saturated carbocycles. The van der Waals surface area contributed by atoms with Crippen LogP contribution in [-0.2, 0) is 9.47 Å². The molecule has 0 spiro atoms. The van der Waals surface area contributed by atoms with Gasteiger partial charge in [-0.25, -0.2) is 0 Å². The van der Waals surface area contributed by atoms with Crippen LogP contribution in [0.1, 0.15) is 6.92 Å². The van der Waals surface area contributed by atoms with Gasteiger partial charge in [-0.2, -0.15) is 10.5 Å². The van der Waals surface area contributed by atoms with Crippen molar-refractivity contribution in [2.24, 2.45) is 5.92 Å². The lowest BCUT2D eigenvalue weighted by Gasteiger charge is -2.08. The third-order valence-electron chi connectivity index (χ3n) is 1.41. The van der Waals surface area contributed by atoms with Gasteiger partial charge < -0.3 is 9.47 Å². The van der Waals surface area contributed by atoms with Gasteiger partial charge in [-0.15, -0.1) is 0 Å². The minimum atomic E-state index is -0.806. The van der Waals surface area contributed by atoms with E-state index in [2.05, 4.69) is 0 Å². The van der Waals surface area contributed by atoms with E-state index in [0.717, 1.165) is 0 Å². The monoisotopic (exact) mass is 152 g/mol. The summed E-state index contributed by atoms with van der Waals surface area (Å²) in [5.74, 6) is -0.806. The summed E-state index contributed by atoms with van der Waals surface area (Å²) in [6, 6.07) is 3.61. The first-order chi connectivity index (χ1) is 5.27. The summed E-state index contributed by atoms with van der Waals surface area (Å²) in [6.45, 7) is 2.30. The smallest absolute Gasteiger partial charge is 0.187 e. The van der Waals surface area contributed by atoms with E-state index in [0.29, 0.717) is 6.61 Å². The minimum Gasteiger partial charge on any atom is -0.347 e. The second-order valence-corrected chi connectivity index (χ2v) is 2.38. The molecule has 4 nitrogen and oxygen atoms in total. The maximum Gasteiger partial charge on any atom is 0.187 e. The Morgan fingerprint density at radius 3 is 2.45 bits per heavy atom. The molecule has 1 saturated heterocycles. The van der Waals surface area contributed by atoms with Crippen molar-refractivity contribution in [1.29, 1.82) is 10.5 Å². The zero-order chi connectivity index (χ0) is 8.27. The summed E-state index contributed by atoms with van der Waals surface area (Å²) >= 11 is 0. The first-order valence-corrected chi connectivity index (χ1v) is 3.34. The molecule has 1 fully saturated rings. The zero-order valence-electron chi connectivity index (χ0n) is 6.15. The maximum atomic E-state index is 8.44. The Kier molecular flexibility index (Phi) is 2.43. The Bertz CT molecular complexity index is 201. The number of rotatable bonds is 1. The largest absolute Gasteiger partial charge is 0.347 e. The van der Waals surface area contributed by atoms with E-state index in [4.69, 9.17) is 20.0 Å². The average Bonchev–Trinajstić information content (AvgIpc) is 2.39. The normalized spacial score (nSPS) is 29.8. The van der Waals surface area contributed by atoms with Crippen LogP contribution in [0.5, 0.6) is 0 Å². The van der Waals surface area contributed by atoms with Crippen LogP contribution < -0.4 is 0 Å². The van der Waals surface area contributed by atoms with Gasteiger partial charge in [-0.1, -0.05) is 0 Å². The molecule has 0 bridgehead atoms. The Balaban J connectivity index is 2.51. The number of nitrogens with zero attached hydrogens (tertiary/aromatic N) is 2. The second-order valence-electron chi connectivity index (χ2n) is 2.38. The van der Waals surface area contributed by atoms with Crippen LogP contribution in [0.3, 0.4) is 0 Å². The van der Waals surface area contributed by atoms with Crippen LogP contribution in [-0.4, -0.2) is 19.0 Å². The summed E-state index contributed by atoms with van der Waals surface area (Å²) in [5.41, 5.74) is 0. The molecule has 0 radical (unpaired) electrons. The maximum absolute atomic E-state index is 8.44. The van der Waals surface area contributed by atoms with Gasteiger partial charge in [-0.3, -0.25) is 0 Å². The lowest BCUT2D eigenvalue weighted by atomic mass is 10.2. The van der Waals surface area contributed by atoms with E-state index < -0.39 is 12.2 Å². The SMILES string of the molecule is CC1COC(C(C#N)C#N)O1. The number of hydrogen-bond donors (Lipinski definition) is 0. The fourth-order valence-electron chi connectivity index (χ4n) is 0.863.